The zero-order valence-corrected chi connectivity index (χ0v) is 14.1. The Morgan fingerprint density at radius 3 is 2.46 bits per heavy atom. The largest absolute Gasteiger partial charge is 0.480 e. The zero-order chi connectivity index (χ0) is 18.1. The van der Waals surface area contributed by atoms with Crippen molar-refractivity contribution in [2.24, 2.45) is 0 Å². The fraction of sp³-hybridized carbons (Fsp3) is 0.400. The summed E-state index contributed by atoms with van der Waals surface area (Å²) in [5, 5.41) is 13.2. The van der Waals surface area contributed by atoms with Gasteiger partial charge < -0.3 is 20.5 Å². The Morgan fingerprint density at radius 1 is 1.29 bits per heavy atom. The minimum Gasteiger partial charge on any atom is -0.480 e. The van der Waals surface area contributed by atoms with Crippen molar-refractivity contribution < 1.29 is 28.6 Å². The van der Waals surface area contributed by atoms with Gasteiger partial charge in [0.25, 0.3) is 0 Å². The maximum Gasteiger partial charge on any atom is 0.328 e. The number of hydrogen-bond acceptors (Lipinski definition) is 5. The van der Waals surface area contributed by atoms with E-state index in [2.05, 4.69) is 10.6 Å². The average Bonchev–Trinajstić information content (AvgIpc) is 2.54. The number of thioether (sulfide) groups is 1. The molecule has 3 N–H and O–H groups in total. The summed E-state index contributed by atoms with van der Waals surface area (Å²) in [4.78, 5) is 34.7. The monoisotopic (exact) mass is 358 g/mol. The van der Waals surface area contributed by atoms with Gasteiger partial charge in [0.15, 0.2) is 6.04 Å². The van der Waals surface area contributed by atoms with Crippen LogP contribution in [0.1, 0.15) is 6.92 Å². The molecule has 0 heterocycles. The van der Waals surface area contributed by atoms with Gasteiger partial charge in [0, 0.05) is 12.8 Å². The Morgan fingerprint density at radius 2 is 1.92 bits per heavy atom. The number of amides is 2. The zero-order valence-electron chi connectivity index (χ0n) is 13.2. The fourth-order valence-electron chi connectivity index (χ4n) is 1.64. The number of carboxylic acid groups (broad SMARTS) is 1. The highest BCUT2D eigenvalue weighted by molar-refractivity contribution is 8.01. The lowest BCUT2D eigenvalue weighted by Gasteiger charge is -2.17. The van der Waals surface area contributed by atoms with Crippen LogP contribution in [0.5, 0.6) is 0 Å². The molecule has 24 heavy (non-hydrogen) atoms. The van der Waals surface area contributed by atoms with E-state index >= 15 is 0 Å². The third-order valence-electron chi connectivity index (χ3n) is 2.91. The smallest absolute Gasteiger partial charge is 0.328 e. The summed E-state index contributed by atoms with van der Waals surface area (Å²) in [5.41, 5.74) is 0.449. The van der Waals surface area contributed by atoms with Crippen molar-refractivity contribution in [2.45, 2.75) is 18.2 Å². The molecule has 2 atom stereocenters. The van der Waals surface area contributed by atoms with E-state index in [4.69, 9.17) is 9.84 Å². The first-order valence-electron chi connectivity index (χ1n) is 7.02. The van der Waals surface area contributed by atoms with Crippen molar-refractivity contribution >= 4 is 35.2 Å². The lowest BCUT2D eigenvalue weighted by Crippen LogP contribution is -2.46. The number of benzene rings is 1. The first-order valence-corrected chi connectivity index (χ1v) is 8.07. The second kappa shape index (κ2) is 9.89. The van der Waals surface area contributed by atoms with E-state index in [1.54, 1.807) is 6.92 Å². The molecule has 132 valence electrons. The fourth-order valence-corrected chi connectivity index (χ4v) is 2.33. The minimum atomic E-state index is -1.20. The molecule has 0 radical (unpaired) electrons. The van der Waals surface area contributed by atoms with Crippen molar-refractivity contribution in [3.8, 4) is 0 Å². The maximum atomic E-state index is 12.8. The summed E-state index contributed by atoms with van der Waals surface area (Å²) >= 11 is 1.05. The van der Waals surface area contributed by atoms with Crippen LogP contribution in [0, 0.1) is 5.82 Å². The molecule has 0 spiro atoms. The van der Waals surface area contributed by atoms with Crippen molar-refractivity contribution in [1.29, 1.82) is 0 Å². The second-order valence-electron chi connectivity index (χ2n) is 4.86. The lowest BCUT2D eigenvalue weighted by atomic mass is 10.3. The predicted molar refractivity (Wildman–Crippen MR) is 88.4 cm³/mol. The van der Waals surface area contributed by atoms with Crippen LogP contribution in [0.25, 0.3) is 0 Å². The molecule has 0 fully saturated rings. The van der Waals surface area contributed by atoms with Gasteiger partial charge in [-0.1, -0.05) is 0 Å². The second-order valence-corrected chi connectivity index (χ2v) is 6.19. The SMILES string of the molecule is COCC(NC(=O)C(C)SCC(=O)Nc1ccc(F)cc1)C(=O)O. The molecule has 0 aromatic heterocycles. The van der Waals surface area contributed by atoms with Crippen LogP contribution in [-0.4, -0.2) is 53.7 Å². The van der Waals surface area contributed by atoms with Gasteiger partial charge in [-0.15, -0.1) is 11.8 Å². The maximum absolute atomic E-state index is 12.8. The topological polar surface area (TPSA) is 105 Å². The van der Waals surface area contributed by atoms with Crippen LogP contribution >= 0.6 is 11.8 Å². The highest BCUT2D eigenvalue weighted by Crippen LogP contribution is 2.13. The molecule has 7 nitrogen and oxygen atoms in total. The van der Waals surface area contributed by atoms with E-state index in [1.807, 2.05) is 0 Å². The summed E-state index contributed by atoms with van der Waals surface area (Å²) in [7, 11) is 1.33. The van der Waals surface area contributed by atoms with Crippen molar-refractivity contribution in [3.63, 3.8) is 0 Å². The van der Waals surface area contributed by atoms with Crippen LogP contribution in [-0.2, 0) is 19.1 Å². The third kappa shape index (κ3) is 6.97. The van der Waals surface area contributed by atoms with E-state index < -0.39 is 29.0 Å². The van der Waals surface area contributed by atoms with Gasteiger partial charge in [-0.2, -0.15) is 0 Å². The van der Waals surface area contributed by atoms with Gasteiger partial charge in [-0.25, -0.2) is 9.18 Å². The van der Waals surface area contributed by atoms with Crippen LogP contribution in [0.4, 0.5) is 10.1 Å². The number of ether oxygens (including phenoxy) is 1. The van der Waals surface area contributed by atoms with E-state index in [-0.39, 0.29) is 18.3 Å². The Balaban J connectivity index is 2.42. The Hall–Kier alpha value is -2.13. The molecule has 9 heteroatoms. The van der Waals surface area contributed by atoms with E-state index in [0.29, 0.717) is 5.69 Å². The first-order chi connectivity index (χ1) is 11.3. The summed E-state index contributed by atoms with van der Waals surface area (Å²) in [6, 6.07) is 4.16. The van der Waals surface area contributed by atoms with Gasteiger partial charge in [0.05, 0.1) is 17.6 Å². The highest BCUT2D eigenvalue weighted by Gasteiger charge is 2.23. The molecular weight excluding hydrogens is 339 g/mol. The predicted octanol–water partition coefficient (Wildman–Crippen LogP) is 1.10. The molecular formula is C15H19FN2O5S. The third-order valence-corrected chi connectivity index (χ3v) is 4.05. The molecule has 0 saturated heterocycles. The number of anilines is 1. The minimum absolute atomic E-state index is 0.00597. The van der Waals surface area contributed by atoms with Gasteiger partial charge in [-0.05, 0) is 31.2 Å². The number of aliphatic carboxylic acids is 1. The van der Waals surface area contributed by atoms with Crippen molar-refractivity contribution in [2.75, 3.05) is 24.8 Å². The average molecular weight is 358 g/mol. The van der Waals surface area contributed by atoms with Crippen LogP contribution in [0.15, 0.2) is 24.3 Å². The number of carbonyl (C=O) groups is 3. The number of hydrogen-bond donors (Lipinski definition) is 3. The Labute approximate surface area is 142 Å². The van der Waals surface area contributed by atoms with Gasteiger partial charge in [0.1, 0.15) is 5.82 Å². The van der Waals surface area contributed by atoms with Gasteiger partial charge in [-0.3, -0.25) is 9.59 Å². The lowest BCUT2D eigenvalue weighted by molar-refractivity contribution is -0.143. The summed E-state index contributed by atoms with van der Waals surface area (Å²) in [5.74, 6) is -2.46. The molecule has 1 aromatic carbocycles. The van der Waals surface area contributed by atoms with E-state index in [0.717, 1.165) is 11.8 Å². The standard InChI is InChI=1S/C15H19FN2O5S/c1-9(14(20)18-12(7-23-2)15(21)22)24-8-13(19)17-11-5-3-10(16)4-6-11/h3-6,9,12H,7-8H2,1-2H3,(H,17,19)(H,18,20)(H,21,22). The Kier molecular flexibility index (Phi) is 8.20. The molecule has 0 aliphatic rings. The molecule has 0 saturated carbocycles. The van der Waals surface area contributed by atoms with Crippen molar-refractivity contribution in [3.05, 3.63) is 30.1 Å². The quantitative estimate of drug-likeness (QED) is 0.611. The summed E-state index contributed by atoms with van der Waals surface area (Å²) in [6.07, 6.45) is 0. The van der Waals surface area contributed by atoms with Gasteiger partial charge in [0.2, 0.25) is 11.8 Å². The number of nitrogens with one attached hydrogen (secondary N) is 2. The van der Waals surface area contributed by atoms with Crippen molar-refractivity contribution in [1.82, 2.24) is 5.32 Å². The number of carboxylic acids is 1. The van der Waals surface area contributed by atoms with E-state index in [1.165, 1.54) is 31.4 Å². The number of methoxy groups -OCH3 is 1. The summed E-state index contributed by atoms with van der Waals surface area (Å²) < 4.78 is 17.5. The van der Waals surface area contributed by atoms with Crippen LogP contribution < -0.4 is 10.6 Å². The molecule has 1 aromatic rings. The molecule has 0 bridgehead atoms. The number of rotatable bonds is 9. The molecule has 1 rings (SSSR count). The number of carbonyl (C=O) groups excluding carboxylic acids is 2. The molecule has 2 unspecified atom stereocenters. The van der Waals surface area contributed by atoms with Gasteiger partial charge >= 0.3 is 5.97 Å². The molecule has 0 aliphatic carbocycles. The molecule has 2 amide bonds. The first kappa shape index (κ1) is 19.9. The Bertz CT molecular complexity index is 582. The normalized spacial score (nSPS) is 13.0. The number of halogens is 1. The molecule has 0 aliphatic heterocycles. The van der Waals surface area contributed by atoms with E-state index in [9.17, 15) is 18.8 Å². The summed E-state index contributed by atoms with van der Waals surface area (Å²) in [6.45, 7) is 1.42. The van der Waals surface area contributed by atoms with Crippen LogP contribution in [0.2, 0.25) is 0 Å². The highest BCUT2D eigenvalue weighted by atomic mass is 32.2. The van der Waals surface area contributed by atoms with Crippen LogP contribution in [0.3, 0.4) is 0 Å².